The molecule has 1 saturated carbocycles. The van der Waals surface area contributed by atoms with E-state index in [1.807, 2.05) is 0 Å². The van der Waals surface area contributed by atoms with Crippen LogP contribution < -0.4 is 5.90 Å². The predicted octanol–water partition coefficient (Wildman–Crippen LogP) is 0.339. The molecule has 0 radical (unpaired) electrons. The van der Waals surface area contributed by atoms with Gasteiger partial charge >= 0.3 is 6.09 Å². The predicted molar refractivity (Wildman–Crippen MR) is 38.5 cm³/mol. The van der Waals surface area contributed by atoms with Crippen LogP contribution in [0.15, 0.2) is 0 Å². The van der Waals surface area contributed by atoms with Crippen LogP contribution in [0.2, 0.25) is 0 Å². The van der Waals surface area contributed by atoms with Gasteiger partial charge in [0.2, 0.25) is 0 Å². The Kier molecular flexibility index (Phi) is 1.18. The van der Waals surface area contributed by atoms with Crippen molar-refractivity contribution in [2.75, 3.05) is 13.1 Å². The molecule has 4 nitrogen and oxygen atoms in total. The molecule has 2 atom stereocenters. The quantitative estimate of drug-likeness (QED) is 0.514. The van der Waals surface area contributed by atoms with Crippen LogP contribution in [0.5, 0.6) is 0 Å². The topological polar surface area (TPSA) is 55.6 Å². The summed E-state index contributed by atoms with van der Waals surface area (Å²) in [7, 11) is 0. The Morgan fingerprint density at radius 3 is 3.00 bits per heavy atom. The Bertz CT molecular complexity index is 207. The number of fused-ring (bicyclic) bond motifs is 1. The third-order valence-electron chi connectivity index (χ3n) is 2.89. The van der Waals surface area contributed by atoms with Crippen LogP contribution >= 0.6 is 0 Å². The van der Waals surface area contributed by atoms with Crippen LogP contribution in [0.3, 0.4) is 0 Å². The summed E-state index contributed by atoms with van der Waals surface area (Å²) in [5.41, 5.74) is 0.383. The van der Waals surface area contributed by atoms with E-state index < -0.39 is 6.09 Å². The van der Waals surface area contributed by atoms with Crippen LogP contribution in [0, 0.1) is 11.3 Å². The average molecular weight is 156 g/mol. The Morgan fingerprint density at radius 1 is 1.82 bits per heavy atom. The van der Waals surface area contributed by atoms with Crippen LogP contribution in [0.1, 0.15) is 13.3 Å². The second-order valence-electron chi connectivity index (χ2n) is 3.82. The molecule has 2 fully saturated rings. The summed E-state index contributed by atoms with van der Waals surface area (Å²) in [6.45, 7) is 3.84. The molecule has 11 heavy (non-hydrogen) atoms. The van der Waals surface area contributed by atoms with E-state index >= 15 is 0 Å². The lowest BCUT2D eigenvalue weighted by molar-refractivity contribution is 0.105. The van der Waals surface area contributed by atoms with Crippen LogP contribution in [-0.4, -0.2) is 24.1 Å². The van der Waals surface area contributed by atoms with E-state index in [2.05, 4.69) is 11.8 Å². The molecule has 2 unspecified atom stereocenters. The van der Waals surface area contributed by atoms with Gasteiger partial charge in [-0.3, -0.25) is 0 Å². The van der Waals surface area contributed by atoms with Gasteiger partial charge in [0.15, 0.2) is 0 Å². The average Bonchev–Trinajstić information content (AvgIpc) is 2.49. The number of carbonyl (C=O) groups is 1. The molecular weight excluding hydrogens is 144 g/mol. The Labute approximate surface area is 65.2 Å². The zero-order chi connectivity index (χ0) is 8.06. The third-order valence-corrected chi connectivity index (χ3v) is 2.89. The third kappa shape index (κ3) is 0.894. The second-order valence-corrected chi connectivity index (χ2v) is 3.82. The standard InChI is InChI=1S/C7H12N2O2/c1-7-2-5(7)3-9(4-7)6(10)11-8/h5H,2-4,8H2,1H3. The fraction of sp³-hybridized carbons (Fsp3) is 0.857. The molecule has 62 valence electrons. The van der Waals surface area contributed by atoms with Crippen molar-refractivity contribution in [3.8, 4) is 0 Å². The van der Waals surface area contributed by atoms with E-state index in [0.29, 0.717) is 11.3 Å². The second kappa shape index (κ2) is 1.88. The minimum Gasteiger partial charge on any atom is -0.357 e. The Morgan fingerprint density at radius 2 is 2.55 bits per heavy atom. The molecule has 1 heterocycles. The molecule has 0 aromatic heterocycles. The maximum atomic E-state index is 10.9. The van der Waals surface area contributed by atoms with E-state index in [1.54, 1.807) is 4.90 Å². The Hall–Kier alpha value is -0.770. The summed E-state index contributed by atoms with van der Waals surface area (Å²) in [5.74, 6) is 5.46. The molecule has 1 saturated heterocycles. The number of hydrogen-bond acceptors (Lipinski definition) is 3. The molecule has 2 aliphatic rings. The van der Waals surface area contributed by atoms with Crippen molar-refractivity contribution in [1.82, 2.24) is 4.90 Å². The summed E-state index contributed by atoms with van der Waals surface area (Å²) < 4.78 is 0. The number of carbonyl (C=O) groups excluding carboxylic acids is 1. The number of amides is 1. The first-order chi connectivity index (χ1) is 5.15. The van der Waals surface area contributed by atoms with Gasteiger partial charge in [0.1, 0.15) is 0 Å². The van der Waals surface area contributed by atoms with Crippen molar-refractivity contribution >= 4 is 6.09 Å². The Balaban J connectivity index is 1.97. The molecule has 0 aromatic carbocycles. The van der Waals surface area contributed by atoms with Gasteiger partial charge < -0.3 is 9.74 Å². The fourth-order valence-electron chi connectivity index (χ4n) is 1.96. The van der Waals surface area contributed by atoms with Crippen LogP contribution in [0.4, 0.5) is 4.79 Å². The first kappa shape index (κ1) is 6.91. The molecule has 0 aromatic rings. The number of nitrogens with zero attached hydrogens (tertiary/aromatic N) is 1. The normalized spacial score (nSPS) is 40.2. The minimum atomic E-state index is -0.390. The number of likely N-dealkylation sites (tertiary alicyclic amines) is 1. The highest BCUT2D eigenvalue weighted by Gasteiger charge is 2.57. The van der Waals surface area contributed by atoms with Gasteiger partial charge in [-0.1, -0.05) is 6.92 Å². The zero-order valence-electron chi connectivity index (χ0n) is 6.54. The maximum absolute atomic E-state index is 10.9. The SMILES string of the molecule is CC12CC1CN(C(=O)ON)C2. The van der Waals surface area contributed by atoms with Gasteiger partial charge in [-0.15, -0.1) is 0 Å². The van der Waals surface area contributed by atoms with Crippen molar-refractivity contribution < 1.29 is 9.63 Å². The van der Waals surface area contributed by atoms with Gasteiger partial charge in [0, 0.05) is 13.1 Å². The molecular formula is C7H12N2O2. The monoisotopic (exact) mass is 156 g/mol. The lowest BCUT2D eigenvalue weighted by Gasteiger charge is -2.16. The molecule has 2 rings (SSSR count). The molecule has 4 heteroatoms. The molecule has 1 aliphatic carbocycles. The highest BCUT2D eigenvalue weighted by atomic mass is 16.7. The van der Waals surface area contributed by atoms with Crippen molar-refractivity contribution in [3.05, 3.63) is 0 Å². The summed E-state index contributed by atoms with van der Waals surface area (Å²) in [4.78, 5) is 16.7. The van der Waals surface area contributed by atoms with Gasteiger partial charge in [0.05, 0.1) is 0 Å². The smallest absolute Gasteiger partial charge is 0.357 e. The van der Waals surface area contributed by atoms with Crippen molar-refractivity contribution in [2.24, 2.45) is 17.2 Å². The number of hydrogen-bond donors (Lipinski definition) is 1. The number of rotatable bonds is 0. The number of nitrogens with two attached hydrogens (primary N) is 1. The lowest BCUT2D eigenvalue weighted by Crippen LogP contribution is -2.33. The number of piperidine rings is 1. The van der Waals surface area contributed by atoms with Gasteiger partial charge in [-0.25, -0.2) is 4.79 Å². The van der Waals surface area contributed by atoms with Crippen molar-refractivity contribution in [1.29, 1.82) is 0 Å². The van der Waals surface area contributed by atoms with Gasteiger partial charge in [-0.05, 0) is 17.8 Å². The highest BCUT2D eigenvalue weighted by molar-refractivity contribution is 5.68. The molecule has 0 bridgehead atoms. The van der Waals surface area contributed by atoms with Gasteiger partial charge in [0.25, 0.3) is 0 Å². The van der Waals surface area contributed by atoms with E-state index in [4.69, 9.17) is 5.90 Å². The zero-order valence-corrected chi connectivity index (χ0v) is 6.54. The largest absolute Gasteiger partial charge is 0.428 e. The first-order valence-corrected chi connectivity index (χ1v) is 3.81. The first-order valence-electron chi connectivity index (χ1n) is 3.81. The van der Waals surface area contributed by atoms with E-state index in [9.17, 15) is 4.79 Å². The van der Waals surface area contributed by atoms with E-state index in [1.165, 1.54) is 6.42 Å². The summed E-state index contributed by atoms with van der Waals surface area (Å²) in [5, 5.41) is 0. The summed E-state index contributed by atoms with van der Waals surface area (Å²) in [6.07, 6.45) is 0.861. The van der Waals surface area contributed by atoms with Crippen LogP contribution in [0.25, 0.3) is 0 Å². The van der Waals surface area contributed by atoms with Crippen LogP contribution in [-0.2, 0) is 4.84 Å². The highest BCUT2D eigenvalue weighted by Crippen LogP contribution is 2.57. The molecule has 0 spiro atoms. The summed E-state index contributed by atoms with van der Waals surface area (Å²) in [6, 6.07) is 0. The molecule has 2 N–H and O–H groups in total. The summed E-state index contributed by atoms with van der Waals surface area (Å²) >= 11 is 0. The van der Waals surface area contributed by atoms with Gasteiger partial charge in [-0.2, -0.15) is 5.90 Å². The molecule has 1 aliphatic heterocycles. The van der Waals surface area contributed by atoms with E-state index in [-0.39, 0.29) is 0 Å². The molecule has 1 amide bonds. The van der Waals surface area contributed by atoms with E-state index in [0.717, 1.165) is 13.1 Å². The maximum Gasteiger partial charge on any atom is 0.428 e. The van der Waals surface area contributed by atoms with Crippen molar-refractivity contribution in [3.63, 3.8) is 0 Å². The van der Waals surface area contributed by atoms with Crippen molar-refractivity contribution in [2.45, 2.75) is 13.3 Å². The lowest BCUT2D eigenvalue weighted by atomic mass is 10.1. The minimum absolute atomic E-state index is 0.383. The fourth-order valence-corrected chi connectivity index (χ4v) is 1.96.